The van der Waals surface area contributed by atoms with Gasteiger partial charge in [-0.3, -0.25) is 4.79 Å². The highest BCUT2D eigenvalue weighted by atomic mass is 19.1. The summed E-state index contributed by atoms with van der Waals surface area (Å²) in [6, 6.07) is 5.06. The van der Waals surface area contributed by atoms with Crippen LogP contribution in [0.15, 0.2) is 18.2 Å². The van der Waals surface area contributed by atoms with Crippen molar-refractivity contribution in [3.63, 3.8) is 0 Å². The van der Waals surface area contributed by atoms with Crippen molar-refractivity contribution in [2.75, 3.05) is 13.7 Å². The lowest BCUT2D eigenvalue weighted by atomic mass is 9.94. The van der Waals surface area contributed by atoms with Gasteiger partial charge < -0.3 is 10.1 Å². The summed E-state index contributed by atoms with van der Waals surface area (Å²) in [5.74, 6) is -0.206. The fraction of sp³-hybridized carbons (Fsp3) is 0.500. The number of carbonyl (C=O) groups is 1. The van der Waals surface area contributed by atoms with Crippen LogP contribution in [0.5, 0.6) is 5.75 Å². The van der Waals surface area contributed by atoms with Crippen LogP contribution >= 0.6 is 0 Å². The molecule has 1 aromatic carbocycles. The first kappa shape index (κ1) is 12.9. The van der Waals surface area contributed by atoms with Gasteiger partial charge in [-0.05, 0) is 30.9 Å². The van der Waals surface area contributed by atoms with Crippen LogP contribution in [0.2, 0.25) is 0 Å². The van der Waals surface area contributed by atoms with Crippen molar-refractivity contribution < 1.29 is 13.9 Å². The van der Waals surface area contributed by atoms with Crippen molar-refractivity contribution in [2.24, 2.45) is 5.92 Å². The highest BCUT2D eigenvalue weighted by Crippen LogP contribution is 2.24. The summed E-state index contributed by atoms with van der Waals surface area (Å²) in [5, 5.41) is 2.87. The van der Waals surface area contributed by atoms with Gasteiger partial charge >= 0.3 is 0 Å². The van der Waals surface area contributed by atoms with E-state index in [9.17, 15) is 9.18 Å². The summed E-state index contributed by atoms with van der Waals surface area (Å²) < 4.78 is 19.0. The largest absolute Gasteiger partial charge is 0.494 e. The van der Waals surface area contributed by atoms with Gasteiger partial charge in [0.25, 0.3) is 0 Å². The molecular formula is C14H18FNO2. The van der Waals surface area contributed by atoms with Gasteiger partial charge in [-0.1, -0.05) is 18.6 Å². The number of carbonyl (C=O) groups excluding carboxylic acids is 1. The van der Waals surface area contributed by atoms with E-state index in [2.05, 4.69) is 5.32 Å². The summed E-state index contributed by atoms with van der Waals surface area (Å²) in [6.45, 7) is 0.732. The van der Waals surface area contributed by atoms with E-state index in [0.717, 1.165) is 25.8 Å². The molecule has 0 aliphatic carbocycles. The Balaban J connectivity index is 2.15. The normalized spacial score (nSPS) is 20.1. The Morgan fingerprint density at radius 3 is 3.06 bits per heavy atom. The van der Waals surface area contributed by atoms with Crippen LogP contribution < -0.4 is 10.1 Å². The smallest absolute Gasteiger partial charge is 0.223 e. The molecular weight excluding hydrogens is 233 g/mol. The fourth-order valence-electron chi connectivity index (χ4n) is 2.33. The summed E-state index contributed by atoms with van der Waals surface area (Å²) in [7, 11) is 1.44. The first-order valence-corrected chi connectivity index (χ1v) is 6.31. The summed E-state index contributed by atoms with van der Waals surface area (Å²) in [4.78, 5) is 11.8. The highest BCUT2D eigenvalue weighted by molar-refractivity contribution is 5.79. The van der Waals surface area contributed by atoms with Crippen molar-refractivity contribution in [3.05, 3.63) is 29.6 Å². The second-order valence-electron chi connectivity index (χ2n) is 4.62. The number of methoxy groups -OCH3 is 1. The van der Waals surface area contributed by atoms with Crippen molar-refractivity contribution in [1.82, 2.24) is 5.32 Å². The number of amides is 1. The lowest BCUT2D eigenvalue weighted by Crippen LogP contribution is -2.30. The maximum Gasteiger partial charge on any atom is 0.223 e. The molecule has 4 heteroatoms. The standard InChI is InChI=1S/C14H18FNO2/c1-18-12-7-4-6-10(13(12)15)9-11-5-2-3-8-16-14(11)17/h4,6-7,11H,2-3,5,8-9H2,1H3,(H,16,17). The maximum absolute atomic E-state index is 14.0. The minimum atomic E-state index is -0.350. The third-order valence-corrected chi connectivity index (χ3v) is 3.38. The van der Waals surface area contributed by atoms with Crippen molar-refractivity contribution in [2.45, 2.75) is 25.7 Å². The summed E-state index contributed by atoms with van der Waals surface area (Å²) in [5.41, 5.74) is 0.552. The highest BCUT2D eigenvalue weighted by Gasteiger charge is 2.22. The zero-order valence-electron chi connectivity index (χ0n) is 10.5. The molecule has 0 radical (unpaired) electrons. The molecule has 1 fully saturated rings. The minimum absolute atomic E-state index is 0.0368. The van der Waals surface area contributed by atoms with Crippen LogP contribution in [-0.2, 0) is 11.2 Å². The molecule has 1 heterocycles. The van der Waals surface area contributed by atoms with Gasteiger partial charge in [-0.2, -0.15) is 0 Å². The Bertz CT molecular complexity index is 434. The fourth-order valence-corrected chi connectivity index (χ4v) is 2.33. The SMILES string of the molecule is COc1cccc(CC2CCCCNC2=O)c1F. The van der Waals surface area contributed by atoms with Crippen LogP contribution in [0.25, 0.3) is 0 Å². The van der Waals surface area contributed by atoms with Gasteiger partial charge in [0.2, 0.25) is 5.91 Å². The lowest BCUT2D eigenvalue weighted by Gasteiger charge is -2.14. The molecule has 0 aromatic heterocycles. The summed E-state index contributed by atoms with van der Waals surface area (Å²) >= 11 is 0. The molecule has 1 aromatic rings. The molecule has 1 amide bonds. The van der Waals surface area contributed by atoms with Gasteiger partial charge in [-0.25, -0.2) is 4.39 Å². The first-order chi connectivity index (χ1) is 8.72. The Hall–Kier alpha value is -1.58. The number of nitrogens with one attached hydrogen (secondary N) is 1. The number of rotatable bonds is 3. The second-order valence-corrected chi connectivity index (χ2v) is 4.62. The van der Waals surface area contributed by atoms with Crippen LogP contribution in [-0.4, -0.2) is 19.6 Å². The quantitative estimate of drug-likeness (QED) is 0.895. The predicted molar refractivity (Wildman–Crippen MR) is 67.0 cm³/mol. The van der Waals surface area contributed by atoms with Crippen LogP contribution in [0.4, 0.5) is 4.39 Å². The van der Waals surface area contributed by atoms with Gasteiger partial charge in [0.05, 0.1) is 7.11 Å². The zero-order valence-corrected chi connectivity index (χ0v) is 10.5. The molecule has 1 N–H and O–H groups in total. The van der Waals surface area contributed by atoms with E-state index in [4.69, 9.17) is 4.74 Å². The average molecular weight is 251 g/mol. The van der Waals surface area contributed by atoms with Crippen LogP contribution in [0, 0.1) is 11.7 Å². The van der Waals surface area contributed by atoms with E-state index in [1.54, 1.807) is 18.2 Å². The Morgan fingerprint density at radius 1 is 1.44 bits per heavy atom. The number of ether oxygens (including phenoxy) is 1. The van der Waals surface area contributed by atoms with Crippen molar-refractivity contribution >= 4 is 5.91 Å². The van der Waals surface area contributed by atoms with Crippen molar-refractivity contribution in [1.29, 1.82) is 0 Å². The van der Waals surface area contributed by atoms with Gasteiger partial charge in [0, 0.05) is 12.5 Å². The summed E-state index contributed by atoms with van der Waals surface area (Å²) in [6.07, 6.45) is 3.27. The molecule has 1 atom stereocenters. The third-order valence-electron chi connectivity index (χ3n) is 3.38. The Kier molecular flexibility index (Phi) is 4.18. The van der Waals surface area contributed by atoms with E-state index in [1.807, 2.05) is 0 Å². The maximum atomic E-state index is 14.0. The molecule has 0 saturated carbocycles. The molecule has 1 saturated heterocycles. The zero-order chi connectivity index (χ0) is 13.0. The number of benzene rings is 1. The van der Waals surface area contributed by atoms with E-state index in [0.29, 0.717) is 12.0 Å². The second kappa shape index (κ2) is 5.85. The molecule has 18 heavy (non-hydrogen) atoms. The Morgan fingerprint density at radius 2 is 2.28 bits per heavy atom. The minimum Gasteiger partial charge on any atom is -0.494 e. The molecule has 1 unspecified atom stereocenters. The molecule has 2 rings (SSSR count). The molecule has 1 aliphatic rings. The third kappa shape index (κ3) is 2.81. The lowest BCUT2D eigenvalue weighted by molar-refractivity contribution is -0.124. The van der Waals surface area contributed by atoms with Gasteiger partial charge in [0.1, 0.15) is 0 Å². The van der Waals surface area contributed by atoms with Crippen LogP contribution in [0.3, 0.4) is 0 Å². The van der Waals surface area contributed by atoms with E-state index >= 15 is 0 Å². The monoisotopic (exact) mass is 251 g/mol. The van der Waals surface area contributed by atoms with Gasteiger partial charge in [0.15, 0.2) is 11.6 Å². The molecule has 3 nitrogen and oxygen atoms in total. The topological polar surface area (TPSA) is 38.3 Å². The number of hydrogen-bond acceptors (Lipinski definition) is 2. The number of hydrogen-bond donors (Lipinski definition) is 1. The first-order valence-electron chi connectivity index (χ1n) is 6.31. The van der Waals surface area contributed by atoms with Crippen LogP contribution in [0.1, 0.15) is 24.8 Å². The molecule has 0 spiro atoms. The van der Waals surface area contributed by atoms with E-state index in [1.165, 1.54) is 7.11 Å². The number of halogens is 1. The molecule has 1 aliphatic heterocycles. The van der Waals surface area contributed by atoms with Gasteiger partial charge in [-0.15, -0.1) is 0 Å². The molecule has 98 valence electrons. The predicted octanol–water partition coefficient (Wildman–Crippen LogP) is 2.29. The van der Waals surface area contributed by atoms with E-state index < -0.39 is 0 Å². The van der Waals surface area contributed by atoms with E-state index in [-0.39, 0.29) is 23.4 Å². The average Bonchev–Trinajstić information content (AvgIpc) is 2.57. The Labute approximate surface area is 106 Å². The van der Waals surface area contributed by atoms with Crippen molar-refractivity contribution in [3.8, 4) is 5.75 Å². The molecule has 0 bridgehead atoms.